The van der Waals surface area contributed by atoms with E-state index in [2.05, 4.69) is 19.2 Å². The van der Waals surface area contributed by atoms with Crippen LogP contribution in [0.15, 0.2) is 48.5 Å². The van der Waals surface area contributed by atoms with Crippen LogP contribution in [0.2, 0.25) is 0 Å². The molecule has 1 unspecified atom stereocenters. The molecule has 0 spiro atoms. The minimum atomic E-state index is -0.488. The Hall–Kier alpha value is -2.82. The van der Waals surface area contributed by atoms with Gasteiger partial charge in [-0.1, -0.05) is 62.4 Å². The fourth-order valence-corrected chi connectivity index (χ4v) is 3.67. The standard InChI is InChI=1S/C23H28N2O3/c1-3-18-12-8-13-19(4-2)21(18)24-22(26)20-14-9-15-25(20)23(27)28-16-17-10-6-5-7-11-17/h5-8,10-13,20H,3-4,9,14-16H2,1-2H3,(H,24,26). The van der Waals surface area contributed by atoms with Crippen LogP contribution >= 0.6 is 0 Å². The van der Waals surface area contributed by atoms with Gasteiger partial charge in [0.15, 0.2) is 0 Å². The molecule has 0 radical (unpaired) electrons. The first-order valence-electron chi connectivity index (χ1n) is 10.0. The molecule has 0 aromatic heterocycles. The smallest absolute Gasteiger partial charge is 0.410 e. The van der Waals surface area contributed by atoms with Crippen molar-refractivity contribution in [1.29, 1.82) is 0 Å². The van der Waals surface area contributed by atoms with Gasteiger partial charge in [-0.2, -0.15) is 0 Å². The molecule has 1 aliphatic rings. The number of carbonyl (C=O) groups excluding carboxylic acids is 2. The number of hydrogen-bond donors (Lipinski definition) is 1. The van der Waals surface area contributed by atoms with E-state index in [9.17, 15) is 9.59 Å². The second-order valence-electron chi connectivity index (χ2n) is 7.04. The number of rotatable bonds is 6. The minimum Gasteiger partial charge on any atom is -0.445 e. The van der Waals surface area contributed by atoms with Crippen molar-refractivity contribution in [2.45, 2.75) is 52.2 Å². The van der Waals surface area contributed by atoms with Gasteiger partial charge < -0.3 is 10.1 Å². The van der Waals surface area contributed by atoms with Crippen molar-refractivity contribution in [1.82, 2.24) is 4.90 Å². The molecule has 3 rings (SSSR count). The van der Waals surface area contributed by atoms with E-state index in [1.54, 1.807) is 4.90 Å². The van der Waals surface area contributed by atoms with E-state index in [0.717, 1.165) is 41.6 Å². The third kappa shape index (κ3) is 4.53. The highest BCUT2D eigenvalue weighted by molar-refractivity contribution is 5.98. The number of likely N-dealkylation sites (tertiary alicyclic amines) is 1. The van der Waals surface area contributed by atoms with Gasteiger partial charge in [-0.05, 0) is 42.4 Å². The Morgan fingerprint density at radius 2 is 1.71 bits per heavy atom. The summed E-state index contributed by atoms with van der Waals surface area (Å²) in [4.78, 5) is 27.1. The molecule has 1 fully saturated rings. The number of para-hydroxylation sites is 1. The molecule has 28 heavy (non-hydrogen) atoms. The first-order valence-corrected chi connectivity index (χ1v) is 10.0. The van der Waals surface area contributed by atoms with Gasteiger partial charge in [-0.25, -0.2) is 4.79 Å². The van der Waals surface area contributed by atoms with E-state index >= 15 is 0 Å². The molecule has 1 atom stereocenters. The molecule has 1 heterocycles. The molecule has 5 heteroatoms. The van der Waals surface area contributed by atoms with Crippen LogP contribution in [-0.4, -0.2) is 29.5 Å². The Bertz CT molecular complexity index is 798. The summed E-state index contributed by atoms with van der Waals surface area (Å²) >= 11 is 0. The number of benzene rings is 2. The Balaban J connectivity index is 1.67. The van der Waals surface area contributed by atoms with E-state index in [1.807, 2.05) is 48.5 Å². The lowest BCUT2D eigenvalue weighted by molar-refractivity contribution is -0.120. The number of hydrogen-bond acceptors (Lipinski definition) is 3. The zero-order valence-corrected chi connectivity index (χ0v) is 16.6. The van der Waals surface area contributed by atoms with Crippen LogP contribution in [0.3, 0.4) is 0 Å². The number of carbonyl (C=O) groups is 2. The SMILES string of the molecule is CCc1cccc(CC)c1NC(=O)C1CCCN1C(=O)OCc1ccccc1. The molecular formula is C23H28N2O3. The molecule has 148 valence electrons. The van der Waals surface area contributed by atoms with E-state index in [1.165, 1.54) is 0 Å². The lowest BCUT2D eigenvalue weighted by Gasteiger charge is -2.24. The average molecular weight is 380 g/mol. The Morgan fingerprint density at radius 3 is 2.36 bits per heavy atom. The fraction of sp³-hybridized carbons (Fsp3) is 0.391. The van der Waals surface area contributed by atoms with Crippen molar-refractivity contribution in [3.63, 3.8) is 0 Å². The van der Waals surface area contributed by atoms with E-state index in [0.29, 0.717) is 13.0 Å². The van der Waals surface area contributed by atoms with Gasteiger partial charge in [0.1, 0.15) is 12.6 Å². The molecule has 0 aliphatic carbocycles. The summed E-state index contributed by atoms with van der Waals surface area (Å²) in [6.45, 7) is 4.91. The van der Waals surface area contributed by atoms with E-state index in [-0.39, 0.29) is 12.5 Å². The molecule has 1 saturated heterocycles. The van der Waals surface area contributed by atoms with Crippen molar-refractivity contribution in [3.05, 3.63) is 65.2 Å². The maximum atomic E-state index is 13.0. The predicted octanol–water partition coefficient (Wildman–Crippen LogP) is 4.55. The van der Waals surface area contributed by atoms with Gasteiger partial charge in [0.2, 0.25) is 5.91 Å². The maximum absolute atomic E-state index is 13.0. The summed E-state index contributed by atoms with van der Waals surface area (Å²) in [6.07, 6.45) is 2.71. The van der Waals surface area contributed by atoms with Crippen LogP contribution < -0.4 is 5.32 Å². The lowest BCUT2D eigenvalue weighted by Crippen LogP contribution is -2.43. The van der Waals surface area contributed by atoms with Gasteiger partial charge in [0, 0.05) is 12.2 Å². The summed E-state index contributed by atoms with van der Waals surface area (Å²) in [5.41, 5.74) is 4.05. The van der Waals surface area contributed by atoms with E-state index < -0.39 is 12.1 Å². The molecule has 0 saturated carbocycles. The number of amides is 2. The number of aryl methyl sites for hydroxylation is 2. The number of ether oxygens (including phenoxy) is 1. The lowest BCUT2D eigenvalue weighted by atomic mass is 10.0. The Kier molecular flexibility index (Phi) is 6.69. The summed E-state index contributed by atoms with van der Waals surface area (Å²) in [5.74, 6) is -0.134. The molecule has 2 aromatic rings. The van der Waals surface area contributed by atoms with Crippen LogP contribution in [-0.2, 0) is 29.0 Å². The quantitative estimate of drug-likeness (QED) is 0.800. The Morgan fingerprint density at radius 1 is 1.04 bits per heavy atom. The number of nitrogens with one attached hydrogen (secondary N) is 1. The van der Waals surface area contributed by atoms with Gasteiger partial charge >= 0.3 is 6.09 Å². The second-order valence-corrected chi connectivity index (χ2v) is 7.04. The second kappa shape index (κ2) is 9.40. The van der Waals surface area contributed by atoms with Crippen molar-refractivity contribution in [3.8, 4) is 0 Å². The van der Waals surface area contributed by atoms with Crippen LogP contribution in [0.4, 0.5) is 10.5 Å². The third-order valence-corrected chi connectivity index (χ3v) is 5.24. The van der Waals surface area contributed by atoms with Crippen molar-refractivity contribution < 1.29 is 14.3 Å². The predicted molar refractivity (Wildman–Crippen MR) is 110 cm³/mol. The van der Waals surface area contributed by atoms with Crippen molar-refractivity contribution >= 4 is 17.7 Å². The summed E-state index contributed by atoms with van der Waals surface area (Å²) in [5, 5.41) is 3.09. The molecule has 0 bridgehead atoms. The van der Waals surface area contributed by atoms with Gasteiger partial charge in [-0.15, -0.1) is 0 Å². The zero-order chi connectivity index (χ0) is 19.9. The molecule has 2 amide bonds. The third-order valence-electron chi connectivity index (χ3n) is 5.24. The van der Waals surface area contributed by atoms with E-state index in [4.69, 9.17) is 4.74 Å². The first kappa shape index (κ1) is 19.9. The largest absolute Gasteiger partial charge is 0.445 e. The van der Waals surface area contributed by atoms with Gasteiger partial charge in [0.25, 0.3) is 0 Å². The summed E-state index contributed by atoms with van der Waals surface area (Å²) in [6, 6.07) is 15.2. The van der Waals surface area contributed by atoms with Gasteiger partial charge in [0.05, 0.1) is 0 Å². The first-order chi connectivity index (χ1) is 13.6. The van der Waals surface area contributed by atoms with Gasteiger partial charge in [-0.3, -0.25) is 9.69 Å². The maximum Gasteiger partial charge on any atom is 0.410 e. The highest BCUT2D eigenvalue weighted by Gasteiger charge is 2.35. The number of nitrogens with zero attached hydrogens (tertiary/aromatic N) is 1. The normalized spacial score (nSPS) is 16.1. The Labute approximate surface area is 166 Å². The molecule has 5 nitrogen and oxygen atoms in total. The highest BCUT2D eigenvalue weighted by Crippen LogP contribution is 2.25. The minimum absolute atomic E-state index is 0.134. The topological polar surface area (TPSA) is 58.6 Å². The van der Waals surface area contributed by atoms with Crippen LogP contribution in [0.1, 0.15) is 43.4 Å². The molecule has 1 aliphatic heterocycles. The number of anilines is 1. The van der Waals surface area contributed by atoms with Crippen LogP contribution in [0.25, 0.3) is 0 Å². The molecule has 1 N–H and O–H groups in total. The van der Waals surface area contributed by atoms with Crippen molar-refractivity contribution in [2.75, 3.05) is 11.9 Å². The fourth-order valence-electron chi connectivity index (χ4n) is 3.67. The monoisotopic (exact) mass is 380 g/mol. The van der Waals surface area contributed by atoms with Crippen LogP contribution in [0.5, 0.6) is 0 Å². The molecule has 2 aromatic carbocycles. The molecular weight excluding hydrogens is 352 g/mol. The average Bonchev–Trinajstić information content (AvgIpc) is 3.23. The summed E-state index contributed by atoms with van der Waals surface area (Å²) < 4.78 is 5.44. The highest BCUT2D eigenvalue weighted by atomic mass is 16.6. The zero-order valence-electron chi connectivity index (χ0n) is 16.6. The summed E-state index contributed by atoms with van der Waals surface area (Å²) in [7, 11) is 0. The van der Waals surface area contributed by atoms with Crippen molar-refractivity contribution in [2.24, 2.45) is 0 Å². The van der Waals surface area contributed by atoms with Crippen LogP contribution in [0, 0.1) is 0 Å².